The topological polar surface area (TPSA) is 75.7 Å². The molecule has 1 fully saturated rings. The predicted octanol–water partition coefficient (Wildman–Crippen LogP) is 2.87. The number of morpholine rings is 1. The van der Waals surface area contributed by atoms with E-state index in [1.807, 2.05) is 0 Å². The number of carbonyl (C=O) groups excluding carboxylic acids is 1. The van der Waals surface area contributed by atoms with Crippen molar-refractivity contribution in [3.05, 3.63) is 63.6 Å². The minimum absolute atomic E-state index is 0.0108. The van der Waals surface area contributed by atoms with Gasteiger partial charge in [0.15, 0.2) is 0 Å². The van der Waals surface area contributed by atoms with Crippen LogP contribution in [-0.2, 0) is 32.5 Å². The normalized spacial score (nSPS) is 15.4. The molecule has 28 heavy (non-hydrogen) atoms. The lowest BCUT2D eigenvalue weighted by atomic mass is 10.1. The Balaban J connectivity index is 1.72. The maximum atomic E-state index is 13.0. The number of halogens is 2. The van der Waals surface area contributed by atoms with Crippen molar-refractivity contribution < 1.29 is 17.9 Å². The largest absolute Gasteiger partial charge is 0.379 e. The number of nitrogens with zero attached hydrogens (tertiary/aromatic N) is 1. The van der Waals surface area contributed by atoms with Crippen molar-refractivity contribution in [2.45, 2.75) is 17.9 Å². The van der Waals surface area contributed by atoms with E-state index in [2.05, 4.69) is 5.32 Å². The van der Waals surface area contributed by atoms with Crippen LogP contribution in [0.1, 0.15) is 11.1 Å². The molecule has 3 rings (SSSR count). The molecule has 1 N–H and O–H groups in total. The Bertz CT molecular complexity index is 940. The number of hydrogen-bond acceptors (Lipinski definition) is 4. The van der Waals surface area contributed by atoms with Crippen molar-refractivity contribution in [3.63, 3.8) is 0 Å². The van der Waals surface area contributed by atoms with Crippen LogP contribution in [0.25, 0.3) is 0 Å². The molecule has 1 aliphatic heterocycles. The molecule has 2 aromatic carbocycles. The molecule has 0 saturated carbocycles. The van der Waals surface area contributed by atoms with Crippen LogP contribution in [0.2, 0.25) is 10.0 Å². The van der Waals surface area contributed by atoms with Crippen LogP contribution in [0.4, 0.5) is 0 Å². The highest BCUT2D eigenvalue weighted by Gasteiger charge is 2.28. The van der Waals surface area contributed by atoms with E-state index < -0.39 is 10.0 Å². The van der Waals surface area contributed by atoms with E-state index >= 15 is 0 Å². The molecule has 0 radical (unpaired) electrons. The van der Waals surface area contributed by atoms with Gasteiger partial charge in [-0.1, -0.05) is 47.5 Å². The van der Waals surface area contributed by atoms with Gasteiger partial charge >= 0.3 is 0 Å². The molecule has 0 spiro atoms. The Labute approximate surface area is 174 Å². The SMILES string of the molecule is O=C(Cc1c(Cl)cccc1Cl)NCc1ccccc1S(=O)(=O)N1CCOCC1. The average molecular weight is 443 g/mol. The summed E-state index contributed by atoms with van der Waals surface area (Å²) in [6.07, 6.45) is 0.0108. The summed E-state index contributed by atoms with van der Waals surface area (Å²) in [7, 11) is -3.65. The van der Waals surface area contributed by atoms with Gasteiger partial charge in [0.05, 0.1) is 24.5 Å². The van der Waals surface area contributed by atoms with Crippen molar-refractivity contribution in [3.8, 4) is 0 Å². The molecule has 0 atom stereocenters. The molecule has 0 unspecified atom stereocenters. The van der Waals surface area contributed by atoms with Crippen molar-refractivity contribution in [1.82, 2.24) is 9.62 Å². The second-order valence-corrected chi connectivity index (χ2v) is 9.00. The van der Waals surface area contributed by atoms with Crippen LogP contribution in [0, 0.1) is 0 Å². The molecule has 0 bridgehead atoms. The first kappa shape index (κ1) is 21.1. The van der Waals surface area contributed by atoms with Crippen LogP contribution in [-0.4, -0.2) is 44.9 Å². The molecule has 150 valence electrons. The van der Waals surface area contributed by atoms with E-state index in [1.54, 1.807) is 42.5 Å². The zero-order valence-electron chi connectivity index (χ0n) is 15.0. The number of benzene rings is 2. The van der Waals surface area contributed by atoms with Crippen LogP contribution in [0.5, 0.6) is 0 Å². The number of rotatable bonds is 6. The zero-order valence-corrected chi connectivity index (χ0v) is 17.4. The van der Waals surface area contributed by atoms with E-state index in [4.69, 9.17) is 27.9 Å². The maximum Gasteiger partial charge on any atom is 0.243 e. The minimum atomic E-state index is -3.65. The zero-order chi connectivity index (χ0) is 20.1. The van der Waals surface area contributed by atoms with Crippen molar-refractivity contribution in [1.29, 1.82) is 0 Å². The van der Waals surface area contributed by atoms with Crippen molar-refractivity contribution in [2.75, 3.05) is 26.3 Å². The van der Waals surface area contributed by atoms with Gasteiger partial charge in [0.25, 0.3) is 0 Å². The summed E-state index contributed by atoms with van der Waals surface area (Å²) in [5, 5.41) is 3.58. The van der Waals surface area contributed by atoms with E-state index in [9.17, 15) is 13.2 Å². The lowest BCUT2D eigenvalue weighted by Gasteiger charge is -2.27. The Morgan fingerprint density at radius 1 is 1.04 bits per heavy atom. The van der Waals surface area contributed by atoms with Crippen LogP contribution in [0.3, 0.4) is 0 Å². The molecule has 1 saturated heterocycles. The Hall–Kier alpha value is -1.64. The van der Waals surface area contributed by atoms with Gasteiger partial charge in [-0.05, 0) is 29.3 Å². The Morgan fingerprint density at radius 3 is 2.36 bits per heavy atom. The molecular weight excluding hydrogens is 423 g/mol. The third kappa shape index (κ3) is 4.85. The summed E-state index contributed by atoms with van der Waals surface area (Å²) >= 11 is 12.2. The summed E-state index contributed by atoms with van der Waals surface area (Å²) in [6.45, 7) is 1.45. The third-order valence-corrected chi connectivity index (χ3v) is 7.14. The second-order valence-electron chi connectivity index (χ2n) is 6.28. The number of nitrogens with one attached hydrogen (secondary N) is 1. The van der Waals surface area contributed by atoms with Gasteiger partial charge in [-0.2, -0.15) is 4.31 Å². The average Bonchev–Trinajstić information content (AvgIpc) is 2.70. The van der Waals surface area contributed by atoms with Gasteiger partial charge in [-0.15, -0.1) is 0 Å². The summed E-state index contributed by atoms with van der Waals surface area (Å²) in [5.74, 6) is -0.298. The van der Waals surface area contributed by atoms with E-state index in [1.165, 1.54) is 4.31 Å². The molecule has 1 amide bonds. The fraction of sp³-hybridized carbons (Fsp3) is 0.316. The summed E-state index contributed by atoms with van der Waals surface area (Å²) < 4.78 is 32.5. The van der Waals surface area contributed by atoms with E-state index in [-0.39, 0.29) is 23.8 Å². The molecule has 9 heteroatoms. The van der Waals surface area contributed by atoms with Crippen molar-refractivity contribution in [2.24, 2.45) is 0 Å². The number of amides is 1. The summed E-state index contributed by atoms with van der Waals surface area (Å²) in [4.78, 5) is 12.5. The molecule has 0 aromatic heterocycles. The highest BCUT2D eigenvalue weighted by atomic mass is 35.5. The van der Waals surface area contributed by atoms with Crippen LogP contribution < -0.4 is 5.32 Å². The fourth-order valence-electron chi connectivity index (χ4n) is 2.95. The molecule has 1 heterocycles. The van der Waals surface area contributed by atoms with Crippen molar-refractivity contribution >= 4 is 39.1 Å². The first-order valence-electron chi connectivity index (χ1n) is 8.75. The Kier molecular flexibility index (Phi) is 6.95. The van der Waals surface area contributed by atoms with Gasteiger partial charge in [0, 0.05) is 29.7 Å². The predicted molar refractivity (Wildman–Crippen MR) is 108 cm³/mol. The highest BCUT2D eigenvalue weighted by Crippen LogP contribution is 2.25. The molecular formula is C19H20Cl2N2O4S. The third-order valence-electron chi connectivity index (χ3n) is 4.44. The first-order valence-corrected chi connectivity index (χ1v) is 10.9. The Morgan fingerprint density at radius 2 is 1.68 bits per heavy atom. The fourth-order valence-corrected chi connectivity index (χ4v) is 5.11. The summed E-state index contributed by atoms with van der Waals surface area (Å²) in [6, 6.07) is 11.7. The molecule has 2 aromatic rings. The van der Waals surface area contributed by atoms with E-state index in [0.29, 0.717) is 47.5 Å². The van der Waals surface area contributed by atoms with Gasteiger partial charge in [-0.3, -0.25) is 4.79 Å². The molecule has 0 aliphatic carbocycles. The molecule has 1 aliphatic rings. The lowest BCUT2D eigenvalue weighted by Crippen LogP contribution is -2.41. The summed E-state index contributed by atoms with van der Waals surface area (Å²) in [5.41, 5.74) is 1.06. The smallest absolute Gasteiger partial charge is 0.243 e. The van der Waals surface area contributed by atoms with Crippen LogP contribution in [0.15, 0.2) is 47.4 Å². The quantitative estimate of drug-likeness (QED) is 0.745. The van der Waals surface area contributed by atoms with Gasteiger partial charge in [0.2, 0.25) is 15.9 Å². The maximum absolute atomic E-state index is 13.0. The lowest BCUT2D eigenvalue weighted by molar-refractivity contribution is -0.120. The monoisotopic (exact) mass is 442 g/mol. The second kappa shape index (κ2) is 9.24. The van der Waals surface area contributed by atoms with E-state index in [0.717, 1.165) is 0 Å². The number of carbonyl (C=O) groups is 1. The van der Waals surface area contributed by atoms with Crippen LogP contribution >= 0.6 is 23.2 Å². The molecule has 6 nitrogen and oxygen atoms in total. The number of sulfonamides is 1. The van der Waals surface area contributed by atoms with Gasteiger partial charge < -0.3 is 10.1 Å². The number of hydrogen-bond donors (Lipinski definition) is 1. The highest BCUT2D eigenvalue weighted by molar-refractivity contribution is 7.89. The van der Waals surface area contributed by atoms with Gasteiger partial charge in [0.1, 0.15) is 0 Å². The number of ether oxygens (including phenoxy) is 1. The first-order chi connectivity index (χ1) is 13.4. The minimum Gasteiger partial charge on any atom is -0.379 e. The van der Waals surface area contributed by atoms with Gasteiger partial charge in [-0.25, -0.2) is 8.42 Å². The standard InChI is InChI=1S/C19H20Cl2N2O4S/c20-16-5-3-6-17(21)15(16)12-19(24)22-13-14-4-1-2-7-18(14)28(25,26)23-8-10-27-11-9-23/h1-7H,8-13H2,(H,22,24).